The lowest BCUT2D eigenvalue weighted by Gasteiger charge is -2.22. The normalized spacial score (nSPS) is 34.3. The van der Waals surface area contributed by atoms with Gasteiger partial charge in [0.25, 0.3) is 5.69 Å². The van der Waals surface area contributed by atoms with Crippen molar-refractivity contribution in [1.29, 1.82) is 0 Å². The monoisotopic (exact) mass is 324 g/mol. The lowest BCUT2D eigenvalue weighted by atomic mass is 9.85. The van der Waals surface area contributed by atoms with Crippen LogP contribution in [0, 0.1) is 46.1 Å². The fourth-order valence-corrected chi connectivity index (χ4v) is 5.27. The number of carbonyl (C=O) groups is 2. The third kappa shape index (κ3) is 1.42. The molecule has 6 heteroatoms. The van der Waals surface area contributed by atoms with Crippen LogP contribution >= 0.6 is 0 Å². The molecule has 1 saturated heterocycles. The Labute approximate surface area is 138 Å². The number of aryl methyl sites for hydroxylation is 1. The number of anilines is 1. The first kappa shape index (κ1) is 13.9. The van der Waals surface area contributed by atoms with Crippen LogP contribution in [0.25, 0.3) is 0 Å². The third-order valence-electron chi connectivity index (χ3n) is 6.50. The Morgan fingerprint density at radius 3 is 2.21 bits per heavy atom. The van der Waals surface area contributed by atoms with Gasteiger partial charge in [0.1, 0.15) is 0 Å². The van der Waals surface area contributed by atoms with Crippen molar-refractivity contribution in [2.24, 2.45) is 29.1 Å². The highest BCUT2D eigenvalue weighted by molar-refractivity contribution is 6.23. The van der Waals surface area contributed by atoms with Gasteiger partial charge in [0, 0.05) is 12.1 Å². The number of fused-ring (bicyclic) bond motifs is 3. The smallest absolute Gasteiger partial charge is 0.271 e. The number of nitro groups is 1. The highest BCUT2D eigenvalue weighted by Crippen LogP contribution is 2.73. The predicted octanol–water partition coefficient (Wildman–Crippen LogP) is 2.60. The standard InChI is InChI=1S/C18H16N2O4/c1-9-2-3-10(20(23)24)8-13(9)19-16(21)14-11-4-5-12(15(14)17(19)22)18(11)6-7-18/h2-5,8,11-12,14-15H,6-7H2,1H3/t11-,12-,14-,15+/m1/s1. The van der Waals surface area contributed by atoms with E-state index in [1.165, 1.54) is 17.0 Å². The minimum absolute atomic E-state index is 0.104. The Morgan fingerprint density at radius 1 is 1.12 bits per heavy atom. The summed E-state index contributed by atoms with van der Waals surface area (Å²) in [6.45, 7) is 1.77. The molecule has 2 amide bonds. The largest absolute Gasteiger partial charge is 0.274 e. The maximum absolute atomic E-state index is 13.0. The molecule has 2 saturated carbocycles. The average molecular weight is 324 g/mol. The summed E-state index contributed by atoms with van der Waals surface area (Å²) in [5.74, 6) is -0.614. The molecular weight excluding hydrogens is 308 g/mol. The average Bonchev–Trinajstić information content (AvgIpc) is 3.14. The molecule has 24 heavy (non-hydrogen) atoms. The van der Waals surface area contributed by atoms with Crippen LogP contribution in [0.2, 0.25) is 0 Å². The van der Waals surface area contributed by atoms with Gasteiger partial charge in [-0.05, 0) is 42.6 Å². The number of benzene rings is 1. The molecule has 1 spiro atoms. The van der Waals surface area contributed by atoms with Gasteiger partial charge in [-0.15, -0.1) is 0 Å². The number of carbonyl (C=O) groups excluding carboxylic acids is 2. The second kappa shape index (κ2) is 4.12. The summed E-state index contributed by atoms with van der Waals surface area (Å²) in [6.07, 6.45) is 6.43. The summed E-state index contributed by atoms with van der Waals surface area (Å²) in [5.41, 5.74) is 1.11. The number of imide groups is 1. The summed E-state index contributed by atoms with van der Waals surface area (Å²) in [6, 6.07) is 4.33. The van der Waals surface area contributed by atoms with Crippen LogP contribution in [0.4, 0.5) is 11.4 Å². The van der Waals surface area contributed by atoms with Crippen molar-refractivity contribution in [2.45, 2.75) is 19.8 Å². The van der Waals surface area contributed by atoms with Crippen molar-refractivity contribution in [3.05, 3.63) is 46.0 Å². The first-order valence-electron chi connectivity index (χ1n) is 8.27. The Bertz CT molecular complexity index is 821. The number of nitrogens with zero attached hydrogens (tertiary/aromatic N) is 2. The van der Waals surface area contributed by atoms with Crippen LogP contribution in [-0.4, -0.2) is 16.7 Å². The maximum atomic E-state index is 13.0. The van der Waals surface area contributed by atoms with E-state index in [-0.39, 0.29) is 46.6 Å². The fraction of sp³-hybridized carbons (Fsp3) is 0.444. The molecule has 1 aliphatic heterocycles. The first-order chi connectivity index (χ1) is 11.5. The van der Waals surface area contributed by atoms with Crippen molar-refractivity contribution < 1.29 is 14.5 Å². The summed E-state index contributed by atoms with van der Waals surface area (Å²) in [5, 5.41) is 11.1. The third-order valence-corrected chi connectivity index (χ3v) is 6.50. The van der Waals surface area contributed by atoms with Crippen LogP contribution in [0.3, 0.4) is 0 Å². The Morgan fingerprint density at radius 2 is 1.71 bits per heavy atom. The van der Waals surface area contributed by atoms with Gasteiger partial charge in [0.2, 0.25) is 11.8 Å². The van der Waals surface area contributed by atoms with Gasteiger partial charge >= 0.3 is 0 Å². The van der Waals surface area contributed by atoms with E-state index in [2.05, 4.69) is 12.2 Å². The maximum Gasteiger partial charge on any atom is 0.271 e. The summed E-state index contributed by atoms with van der Waals surface area (Å²) < 4.78 is 0. The Hall–Kier alpha value is -2.50. The number of allylic oxidation sites excluding steroid dienone is 2. The molecular formula is C18H16N2O4. The molecule has 1 heterocycles. The fourth-order valence-electron chi connectivity index (χ4n) is 5.27. The van der Waals surface area contributed by atoms with E-state index in [9.17, 15) is 19.7 Å². The van der Waals surface area contributed by atoms with Crippen LogP contribution in [-0.2, 0) is 9.59 Å². The van der Waals surface area contributed by atoms with Crippen molar-refractivity contribution in [3.63, 3.8) is 0 Å². The quantitative estimate of drug-likeness (QED) is 0.362. The molecule has 0 aromatic heterocycles. The molecule has 5 rings (SSSR count). The molecule has 4 aliphatic rings. The van der Waals surface area contributed by atoms with E-state index in [0.717, 1.165) is 12.8 Å². The highest BCUT2D eigenvalue weighted by atomic mass is 16.6. The lowest BCUT2D eigenvalue weighted by Crippen LogP contribution is -2.35. The zero-order valence-electron chi connectivity index (χ0n) is 13.1. The number of hydrogen-bond acceptors (Lipinski definition) is 4. The van der Waals surface area contributed by atoms with E-state index in [1.807, 2.05) is 0 Å². The predicted molar refractivity (Wildman–Crippen MR) is 85.1 cm³/mol. The molecule has 1 aromatic rings. The Balaban J connectivity index is 1.59. The first-order valence-corrected chi connectivity index (χ1v) is 8.27. The van der Waals surface area contributed by atoms with Crippen molar-refractivity contribution in [3.8, 4) is 0 Å². The number of hydrogen-bond donors (Lipinski definition) is 0. The topological polar surface area (TPSA) is 80.5 Å². The summed E-state index contributed by atoms with van der Waals surface area (Å²) in [4.78, 5) is 37.8. The van der Waals surface area contributed by atoms with E-state index in [4.69, 9.17) is 0 Å². The van der Waals surface area contributed by atoms with E-state index < -0.39 is 4.92 Å². The molecule has 4 atom stereocenters. The highest BCUT2D eigenvalue weighted by Gasteiger charge is 2.73. The minimum atomic E-state index is -0.501. The number of amides is 2. The number of rotatable bonds is 2. The van der Waals surface area contributed by atoms with Gasteiger partial charge in [0.05, 0.1) is 22.4 Å². The molecule has 0 N–H and O–H groups in total. The van der Waals surface area contributed by atoms with Gasteiger partial charge < -0.3 is 0 Å². The van der Waals surface area contributed by atoms with Gasteiger partial charge in [-0.25, -0.2) is 4.90 Å². The molecule has 0 radical (unpaired) electrons. The molecule has 0 unspecified atom stereocenters. The zero-order chi connectivity index (χ0) is 16.8. The SMILES string of the molecule is Cc1ccc([N+](=O)[O-])cc1N1C(=O)[C@@H]2[C@H](C1=O)[C@H]1C=C[C@H]2C12CC2. The summed E-state index contributed by atoms with van der Waals surface area (Å²) in [7, 11) is 0. The molecule has 122 valence electrons. The van der Waals surface area contributed by atoms with E-state index >= 15 is 0 Å². The lowest BCUT2D eigenvalue weighted by molar-refractivity contribution is -0.384. The molecule has 6 nitrogen and oxygen atoms in total. The van der Waals surface area contributed by atoms with Gasteiger partial charge in [-0.1, -0.05) is 18.2 Å². The summed E-state index contributed by atoms with van der Waals surface area (Å²) >= 11 is 0. The van der Waals surface area contributed by atoms with Crippen LogP contribution in [0.5, 0.6) is 0 Å². The molecule has 2 bridgehead atoms. The van der Waals surface area contributed by atoms with Crippen molar-refractivity contribution in [2.75, 3.05) is 4.90 Å². The zero-order valence-corrected chi connectivity index (χ0v) is 13.1. The van der Waals surface area contributed by atoms with Gasteiger partial charge in [-0.3, -0.25) is 19.7 Å². The van der Waals surface area contributed by atoms with Crippen LogP contribution in [0.15, 0.2) is 30.4 Å². The molecule has 3 aliphatic carbocycles. The Kier molecular flexibility index (Phi) is 2.39. The van der Waals surface area contributed by atoms with E-state index in [0.29, 0.717) is 11.3 Å². The molecule has 1 aromatic carbocycles. The second-order valence-electron chi connectivity index (χ2n) is 7.46. The number of non-ortho nitro benzene ring substituents is 1. The van der Waals surface area contributed by atoms with Crippen LogP contribution < -0.4 is 4.90 Å². The number of nitro benzene ring substituents is 1. The van der Waals surface area contributed by atoms with Gasteiger partial charge in [0.15, 0.2) is 0 Å². The van der Waals surface area contributed by atoms with Crippen molar-refractivity contribution in [1.82, 2.24) is 0 Å². The van der Waals surface area contributed by atoms with E-state index in [1.54, 1.807) is 13.0 Å². The minimum Gasteiger partial charge on any atom is -0.274 e. The molecule has 3 fully saturated rings. The van der Waals surface area contributed by atoms with Crippen LogP contribution in [0.1, 0.15) is 18.4 Å². The second-order valence-corrected chi connectivity index (χ2v) is 7.46. The van der Waals surface area contributed by atoms with Gasteiger partial charge in [-0.2, -0.15) is 0 Å². The van der Waals surface area contributed by atoms with Crippen molar-refractivity contribution >= 4 is 23.2 Å².